The molecule has 0 unspecified atom stereocenters. The molecular formula is C8H9K2O5P. The van der Waals surface area contributed by atoms with E-state index in [1.165, 1.54) is 12.1 Å². The third-order valence-corrected chi connectivity index (χ3v) is 1.78. The van der Waals surface area contributed by atoms with Gasteiger partial charge in [0, 0.05) is 0 Å². The summed E-state index contributed by atoms with van der Waals surface area (Å²) in [6, 6.07) is 6.08. The number of para-hydroxylation sites is 2. The van der Waals surface area contributed by atoms with Crippen LogP contribution >= 0.6 is 7.82 Å². The van der Waals surface area contributed by atoms with Gasteiger partial charge in [0.25, 0.3) is 0 Å². The van der Waals surface area contributed by atoms with Gasteiger partial charge >= 0.3 is 103 Å². The van der Waals surface area contributed by atoms with Crippen molar-refractivity contribution in [3.05, 3.63) is 24.3 Å². The van der Waals surface area contributed by atoms with Crippen molar-refractivity contribution in [2.24, 2.45) is 0 Å². The normalized spacial score (nSPS) is 9.69. The molecular weight excluding hydrogens is 285 g/mol. The second kappa shape index (κ2) is 10.1. The van der Waals surface area contributed by atoms with Crippen LogP contribution in [0.1, 0.15) is 6.92 Å². The fourth-order valence-corrected chi connectivity index (χ4v) is 1.31. The number of hydrogen-bond donors (Lipinski definition) is 0. The Morgan fingerprint density at radius 2 is 1.69 bits per heavy atom. The molecule has 0 radical (unpaired) electrons. The van der Waals surface area contributed by atoms with Crippen LogP contribution in [-0.2, 0) is 4.57 Å². The summed E-state index contributed by atoms with van der Waals surface area (Å²) in [5.74, 6) is 0.157. The molecule has 0 heterocycles. The van der Waals surface area contributed by atoms with Crippen molar-refractivity contribution < 1.29 is 126 Å². The molecule has 0 saturated carbocycles. The fourth-order valence-electron chi connectivity index (χ4n) is 0.921. The zero-order valence-corrected chi connectivity index (χ0v) is 16.6. The van der Waals surface area contributed by atoms with Crippen molar-refractivity contribution in [3.63, 3.8) is 0 Å². The summed E-state index contributed by atoms with van der Waals surface area (Å²) >= 11 is 0. The van der Waals surface area contributed by atoms with Gasteiger partial charge < -0.3 is 23.6 Å². The van der Waals surface area contributed by atoms with Gasteiger partial charge in [-0.15, -0.1) is 0 Å². The van der Waals surface area contributed by atoms with E-state index in [9.17, 15) is 14.4 Å². The Hall–Kier alpha value is 2.24. The summed E-state index contributed by atoms with van der Waals surface area (Å²) in [5.41, 5.74) is 0. The fraction of sp³-hybridized carbons (Fsp3) is 0.250. The van der Waals surface area contributed by atoms with Gasteiger partial charge in [0.05, 0.1) is 6.61 Å². The van der Waals surface area contributed by atoms with Crippen molar-refractivity contribution in [1.82, 2.24) is 0 Å². The van der Waals surface area contributed by atoms with Gasteiger partial charge in [-0.1, -0.05) is 12.1 Å². The summed E-state index contributed by atoms with van der Waals surface area (Å²) < 4.78 is 19.6. The molecule has 16 heavy (non-hydrogen) atoms. The van der Waals surface area contributed by atoms with Crippen LogP contribution in [0.15, 0.2) is 24.3 Å². The van der Waals surface area contributed by atoms with Crippen molar-refractivity contribution in [2.45, 2.75) is 6.92 Å². The van der Waals surface area contributed by atoms with E-state index < -0.39 is 7.82 Å². The zero-order chi connectivity index (χ0) is 10.6. The molecule has 1 aromatic rings. The van der Waals surface area contributed by atoms with E-state index in [0.717, 1.165) is 0 Å². The molecule has 5 nitrogen and oxygen atoms in total. The average Bonchev–Trinajstić information content (AvgIpc) is 2.06. The first kappa shape index (κ1) is 20.6. The van der Waals surface area contributed by atoms with E-state index in [1.807, 2.05) is 0 Å². The van der Waals surface area contributed by atoms with Crippen molar-refractivity contribution >= 4 is 7.82 Å². The maximum atomic E-state index is 10.4. The van der Waals surface area contributed by atoms with Gasteiger partial charge in [0.15, 0.2) is 11.5 Å². The van der Waals surface area contributed by atoms with E-state index in [4.69, 9.17) is 4.74 Å². The minimum atomic E-state index is -5.02. The zero-order valence-electron chi connectivity index (χ0n) is 9.50. The monoisotopic (exact) mass is 294 g/mol. The molecule has 0 bridgehead atoms. The van der Waals surface area contributed by atoms with E-state index in [0.29, 0.717) is 6.61 Å². The molecule has 0 amide bonds. The third kappa shape index (κ3) is 8.36. The second-order valence-corrected chi connectivity index (χ2v) is 3.50. The van der Waals surface area contributed by atoms with Crippen molar-refractivity contribution in [3.8, 4) is 11.5 Å². The summed E-state index contributed by atoms with van der Waals surface area (Å²) in [4.78, 5) is 20.7. The molecule has 0 fully saturated rings. The van der Waals surface area contributed by atoms with Gasteiger partial charge in [-0.2, -0.15) is 0 Å². The third-order valence-electron chi connectivity index (χ3n) is 1.36. The molecule has 0 aromatic heterocycles. The van der Waals surface area contributed by atoms with Crippen molar-refractivity contribution in [2.75, 3.05) is 6.61 Å². The van der Waals surface area contributed by atoms with Crippen molar-refractivity contribution in [1.29, 1.82) is 0 Å². The molecule has 0 saturated heterocycles. The SMILES string of the molecule is CCOc1ccccc1OP(=O)([O-])[O-].[K+].[K+]. The molecule has 0 aliphatic heterocycles. The van der Waals surface area contributed by atoms with Crippen LogP contribution in [0.4, 0.5) is 0 Å². The summed E-state index contributed by atoms with van der Waals surface area (Å²) in [7, 11) is -5.02. The van der Waals surface area contributed by atoms with E-state index in [2.05, 4.69) is 4.52 Å². The smallest absolute Gasteiger partial charge is 0.780 e. The summed E-state index contributed by atoms with van der Waals surface area (Å²) in [5, 5.41) is 0. The summed E-state index contributed by atoms with van der Waals surface area (Å²) in [6.07, 6.45) is 0. The molecule has 0 aliphatic rings. The number of rotatable bonds is 4. The van der Waals surface area contributed by atoms with Gasteiger partial charge in [0.2, 0.25) is 0 Å². The van der Waals surface area contributed by atoms with E-state index >= 15 is 0 Å². The van der Waals surface area contributed by atoms with Crippen LogP contribution in [-0.4, -0.2) is 6.61 Å². The molecule has 1 aromatic carbocycles. The molecule has 0 N–H and O–H groups in total. The van der Waals surface area contributed by atoms with Gasteiger partial charge in [-0.05, 0) is 19.1 Å². The number of phosphoric acid groups is 1. The standard InChI is InChI=1S/C8H11O5P.2K/c1-2-12-7-5-3-4-6-8(7)13-14(9,10)11;;/h3-6H,2H2,1H3,(H2,9,10,11);;/q;2*+1/p-2. The van der Waals surface area contributed by atoms with Gasteiger partial charge in [-0.25, -0.2) is 0 Å². The second-order valence-electron chi connectivity index (χ2n) is 2.42. The van der Waals surface area contributed by atoms with Crippen LogP contribution in [0.25, 0.3) is 0 Å². The number of phosphoric ester groups is 1. The molecule has 0 aliphatic carbocycles. The Kier molecular flexibility index (Phi) is 13.0. The summed E-state index contributed by atoms with van der Waals surface area (Å²) in [6.45, 7) is 2.10. The minimum Gasteiger partial charge on any atom is -0.780 e. The topological polar surface area (TPSA) is 81.7 Å². The molecule has 1 rings (SSSR count). The number of benzene rings is 1. The maximum absolute atomic E-state index is 10.4. The quantitative estimate of drug-likeness (QED) is 0.408. The Balaban J connectivity index is 0. The first-order valence-corrected chi connectivity index (χ1v) is 5.42. The van der Waals surface area contributed by atoms with Crippen LogP contribution in [0.3, 0.4) is 0 Å². The predicted molar refractivity (Wildman–Crippen MR) is 45.8 cm³/mol. The number of ether oxygens (including phenoxy) is 1. The molecule has 0 spiro atoms. The average molecular weight is 294 g/mol. The first-order valence-electron chi connectivity index (χ1n) is 3.96. The Labute approximate surface area is 179 Å². The van der Waals surface area contributed by atoms with E-state index in [-0.39, 0.29) is 114 Å². The minimum absolute atomic E-state index is 0. The van der Waals surface area contributed by atoms with Crippen LogP contribution < -0.4 is 122 Å². The van der Waals surface area contributed by atoms with Crippen LogP contribution in [0.5, 0.6) is 11.5 Å². The number of hydrogen-bond acceptors (Lipinski definition) is 5. The maximum Gasteiger partial charge on any atom is 1.00 e. The van der Waals surface area contributed by atoms with Gasteiger partial charge in [-0.3, -0.25) is 0 Å². The Bertz CT molecular complexity index is 354. The molecule has 0 atom stereocenters. The predicted octanol–water partition coefficient (Wildman–Crippen LogP) is -5.70. The van der Waals surface area contributed by atoms with Crippen LogP contribution in [0.2, 0.25) is 0 Å². The Morgan fingerprint density at radius 3 is 2.12 bits per heavy atom. The van der Waals surface area contributed by atoms with Gasteiger partial charge in [0.1, 0.15) is 7.82 Å². The molecule has 8 heteroatoms. The van der Waals surface area contributed by atoms with E-state index in [1.54, 1.807) is 19.1 Å². The molecule has 78 valence electrons. The first-order chi connectivity index (χ1) is 6.53. The largest absolute Gasteiger partial charge is 1.00 e. The van der Waals surface area contributed by atoms with Crippen LogP contribution in [0, 0.1) is 0 Å². The Morgan fingerprint density at radius 1 is 1.19 bits per heavy atom.